The van der Waals surface area contributed by atoms with Gasteiger partial charge in [-0.2, -0.15) is 4.31 Å². The summed E-state index contributed by atoms with van der Waals surface area (Å²) in [6.07, 6.45) is 1.98. The maximum Gasteiger partial charge on any atom is 0.253 e. The van der Waals surface area contributed by atoms with Crippen LogP contribution in [0, 0.1) is 0 Å². The van der Waals surface area contributed by atoms with Gasteiger partial charge in [-0.3, -0.25) is 4.79 Å². The number of hydrogen-bond donors (Lipinski definition) is 0. The van der Waals surface area contributed by atoms with Crippen molar-refractivity contribution >= 4 is 15.9 Å². The molecule has 0 saturated carbocycles. The van der Waals surface area contributed by atoms with E-state index in [9.17, 15) is 13.2 Å². The molecular weight excluding hydrogens is 326 g/mol. The highest BCUT2D eigenvalue weighted by Crippen LogP contribution is 2.18. The topological polar surface area (TPSA) is 60.9 Å². The fraction of sp³-hybridized carbons (Fsp3) is 0.588. The highest BCUT2D eigenvalue weighted by atomic mass is 32.2. The van der Waals surface area contributed by atoms with Crippen LogP contribution in [0.5, 0.6) is 0 Å². The van der Waals surface area contributed by atoms with E-state index in [1.54, 1.807) is 24.1 Å². The molecule has 0 N–H and O–H groups in total. The standard InChI is InChI=1S/C17H27N3O3S/c1-4-5-10-19(3)17(21)15-6-8-16(9-7-15)24(22,23)20-13-11-18(2)12-14-20/h6-9H,4-5,10-14H2,1-3H3. The minimum absolute atomic E-state index is 0.0769. The van der Waals surface area contributed by atoms with Gasteiger partial charge in [-0.05, 0) is 37.7 Å². The highest BCUT2D eigenvalue weighted by molar-refractivity contribution is 7.89. The summed E-state index contributed by atoms with van der Waals surface area (Å²) >= 11 is 0. The Kier molecular flexibility index (Phi) is 6.37. The van der Waals surface area contributed by atoms with E-state index >= 15 is 0 Å². The average molecular weight is 353 g/mol. The molecular formula is C17H27N3O3S. The zero-order chi connectivity index (χ0) is 17.7. The number of unbranched alkanes of at least 4 members (excludes halogenated alkanes) is 1. The molecule has 0 bridgehead atoms. The molecule has 1 aliphatic heterocycles. The monoisotopic (exact) mass is 353 g/mol. The molecule has 0 aliphatic carbocycles. The van der Waals surface area contributed by atoms with E-state index in [1.165, 1.54) is 16.4 Å². The van der Waals surface area contributed by atoms with Gasteiger partial charge in [-0.1, -0.05) is 13.3 Å². The summed E-state index contributed by atoms with van der Waals surface area (Å²) in [5, 5.41) is 0. The first-order chi connectivity index (χ1) is 11.4. The lowest BCUT2D eigenvalue weighted by Gasteiger charge is -2.31. The van der Waals surface area contributed by atoms with Gasteiger partial charge in [0.15, 0.2) is 0 Å². The number of hydrogen-bond acceptors (Lipinski definition) is 4. The van der Waals surface area contributed by atoms with Gasteiger partial charge in [0.05, 0.1) is 4.90 Å². The molecule has 1 aromatic carbocycles. The van der Waals surface area contributed by atoms with Crippen LogP contribution >= 0.6 is 0 Å². The number of carbonyl (C=O) groups excluding carboxylic acids is 1. The molecule has 2 rings (SSSR count). The molecule has 0 unspecified atom stereocenters. The Morgan fingerprint density at radius 1 is 1.12 bits per heavy atom. The van der Waals surface area contributed by atoms with Crippen molar-refractivity contribution in [1.29, 1.82) is 0 Å². The van der Waals surface area contributed by atoms with Crippen LogP contribution < -0.4 is 0 Å². The second-order valence-electron chi connectivity index (χ2n) is 6.31. The summed E-state index contributed by atoms with van der Waals surface area (Å²) in [6.45, 7) is 5.25. The summed E-state index contributed by atoms with van der Waals surface area (Å²) in [7, 11) is 0.276. The van der Waals surface area contributed by atoms with E-state index in [2.05, 4.69) is 11.8 Å². The highest BCUT2D eigenvalue weighted by Gasteiger charge is 2.27. The molecule has 134 valence electrons. The van der Waals surface area contributed by atoms with Crippen molar-refractivity contribution in [2.75, 3.05) is 46.8 Å². The van der Waals surface area contributed by atoms with Crippen molar-refractivity contribution in [3.05, 3.63) is 29.8 Å². The number of rotatable bonds is 6. The number of piperazine rings is 1. The third-order valence-corrected chi connectivity index (χ3v) is 6.31. The van der Waals surface area contributed by atoms with Crippen molar-refractivity contribution in [2.24, 2.45) is 0 Å². The molecule has 6 nitrogen and oxygen atoms in total. The molecule has 7 heteroatoms. The van der Waals surface area contributed by atoms with E-state index in [-0.39, 0.29) is 10.8 Å². The van der Waals surface area contributed by atoms with Gasteiger partial charge >= 0.3 is 0 Å². The molecule has 1 fully saturated rings. The van der Waals surface area contributed by atoms with Crippen molar-refractivity contribution in [3.8, 4) is 0 Å². The van der Waals surface area contributed by atoms with E-state index in [1.807, 2.05) is 7.05 Å². The fourth-order valence-electron chi connectivity index (χ4n) is 2.66. The smallest absolute Gasteiger partial charge is 0.253 e. The normalized spacial score (nSPS) is 17.0. The number of sulfonamides is 1. The molecule has 0 atom stereocenters. The molecule has 1 heterocycles. The molecule has 1 aromatic rings. The van der Waals surface area contributed by atoms with Gasteiger partial charge in [0.25, 0.3) is 5.91 Å². The lowest BCUT2D eigenvalue weighted by Crippen LogP contribution is -2.47. The Hall–Kier alpha value is -1.44. The first-order valence-corrected chi connectivity index (χ1v) is 9.84. The summed E-state index contributed by atoms with van der Waals surface area (Å²) < 4.78 is 26.8. The van der Waals surface area contributed by atoms with Crippen LogP contribution in [-0.2, 0) is 10.0 Å². The molecule has 1 saturated heterocycles. The number of benzene rings is 1. The van der Waals surface area contributed by atoms with Crippen molar-refractivity contribution < 1.29 is 13.2 Å². The average Bonchev–Trinajstić information content (AvgIpc) is 2.59. The quantitative estimate of drug-likeness (QED) is 0.777. The summed E-state index contributed by atoms with van der Waals surface area (Å²) in [6, 6.07) is 6.28. The Labute approximate surface area is 145 Å². The van der Waals surface area contributed by atoms with Crippen molar-refractivity contribution in [1.82, 2.24) is 14.1 Å². The van der Waals surface area contributed by atoms with Crippen LogP contribution in [0.25, 0.3) is 0 Å². The maximum absolute atomic E-state index is 12.7. The predicted octanol–water partition coefficient (Wildman–Crippen LogP) is 1.49. The number of amides is 1. The van der Waals surface area contributed by atoms with E-state index in [4.69, 9.17) is 0 Å². The molecule has 0 aromatic heterocycles. The molecule has 0 spiro atoms. The summed E-state index contributed by atoms with van der Waals surface area (Å²) in [5.74, 6) is -0.0769. The Balaban J connectivity index is 2.09. The summed E-state index contributed by atoms with van der Waals surface area (Å²) in [5.41, 5.74) is 0.519. The SMILES string of the molecule is CCCCN(C)C(=O)c1ccc(S(=O)(=O)N2CCN(C)CC2)cc1. The van der Waals surface area contributed by atoms with Crippen molar-refractivity contribution in [2.45, 2.75) is 24.7 Å². The van der Waals surface area contributed by atoms with Crippen LogP contribution in [0.2, 0.25) is 0 Å². The number of likely N-dealkylation sites (N-methyl/N-ethyl adjacent to an activating group) is 1. The third-order valence-electron chi connectivity index (χ3n) is 4.40. The van der Waals surface area contributed by atoms with E-state index in [0.29, 0.717) is 25.2 Å². The zero-order valence-electron chi connectivity index (χ0n) is 14.7. The first kappa shape index (κ1) is 18.9. The van der Waals surface area contributed by atoms with Crippen LogP contribution in [0.15, 0.2) is 29.2 Å². The second-order valence-corrected chi connectivity index (χ2v) is 8.25. The molecule has 0 radical (unpaired) electrons. The van der Waals surface area contributed by atoms with Gasteiger partial charge in [-0.25, -0.2) is 8.42 Å². The van der Waals surface area contributed by atoms with Gasteiger partial charge in [0, 0.05) is 45.3 Å². The second kappa shape index (κ2) is 8.09. The Morgan fingerprint density at radius 3 is 2.25 bits per heavy atom. The Morgan fingerprint density at radius 2 is 1.71 bits per heavy atom. The predicted molar refractivity (Wildman–Crippen MR) is 94.6 cm³/mol. The lowest BCUT2D eigenvalue weighted by molar-refractivity contribution is 0.0793. The van der Waals surface area contributed by atoms with Gasteiger partial charge in [0.2, 0.25) is 10.0 Å². The third kappa shape index (κ3) is 4.34. The van der Waals surface area contributed by atoms with Crippen LogP contribution in [0.4, 0.5) is 0 Å². The molecule has 24 heavy (non-hydrogen) atoms. The van der Waals surface area contributed by atoms with E-state index in [0.717, 1.165) is 25.9 Å². The first-order valence-electron chi connectivity index (χ1n) is 8.40. The largest absolute Gasteiger partial charge is 0.342 e. The zero-order valence-corrected chi connectivity index (χ0v) is 15.6. The van der Waals surface area contributed by atoms with Crippen molar-refractivity contribution in [3.63, 3.8) is 0 Å². The van der Waals surface area contributed by atoms with Gasteiger partial charge in [0.1, 0.15) is 0 Å². The van der Waals surface area contributed by atoms with E-state index < -0.39 is 10.0 Å². The van der Waals surface area contributed by atoms with Gasteiger partial charge < -0.3 is 9.80 Å². The van der Waals surface area contributed by atoms with Gasteiger partial charge in [-0.15, -0.1) is 0 Å². The minimum atomic E-state index is -3.48. The van der Waals surface area contributed by atoms with Crippen LogP contribution in [0.3, 0.4) is 0 Å². The number of nitrogens with zero attached hydrogens (tertiary/aromatic N) is 3. The molecule has 1 amide bonds. The van der Waals surface area contributed by atoms with Crippen LogP contribution in [0.1, 0.15) is 30.1 Å². The summed E-state index contributed by atoms with van der Waals surface area (Å²) in [4.78, 5) is 16.3. The van der Waals surface area contributed by atoms with Crippen LogP contribution in [-0.4, -0.2) is 75.2 Å². The lowest BCUT2D eigenvalue weighted by atomic mass is 10.2. The Bertz CT molecular complexity index is 650. The number of carbonyl (C=O) groups is 1. The maximum atomic E-state index is 12.7. The fourth-order valence-corrected chi connectivity index (χ4v) is 4.09. The molecule has 1 aliphatic rings. The minimum Gasteiger partial charge on any atom is -0.342 e.